The molecule has 20 heavy (non-hydrogen) atoms. The number of hydrogen-bond donors (Lipinski definition) is 2. The topological polar surface area (TPSA) is 68.8 Å². The first kappa shape index (κ1) is 12.5. The summed E-state index contributed by atoms with van der Waals surface area (Å²) in [7, 11) is 1.91. The predicted octanol–water partition coefficient (Wildman–Crippen LogP) is 2.91. The van der Waals surface area contributed by atoms with Gasteiger partial charge in [0.1, 0.15) is 0 Å². The van der Waals surface area contributed by atoms with Crippen molar-refractivity contribution in [2.45, 2.75) is 13.8 Å². The smallest absolute Gasteiger partial charge is 0.0828 e. The quantitative estimate of drug-likeness (QED) is 0.700. The number of nitrogens with zero attached hydrogens (tertiary/aromatic N) is 3. The number of nitrogens with one attached hydrogen (secondary N) is 1. The molecular weight excluding hydrogens is 250 g/mol. The van der Waals surface area contributed by atoms with Gasteiger partial charge in [0.2, 0.25) is 0 Å². The van der Waals surface area contributed by atoms with Gasteiger partial charge in [-0.2, -0.15) is 5.10 Å². The molecule has 0 atom stereocenters. The molecule has 5 nitrogen and oxygen atoms in total. The van der Waals surface area contributed by atoms with Crippen molar-refractivity contribution in [2.75, 3.05) is 11.1 Å². The van der Waals surface area contributed by atoms with Crippen molar-refractivity contribution < 1.29 is 0 Å². The van der Waals surface area contributed by atoms with Gasteiger partial charge in [-0.15, -0.1) is 0 Å². The molecule has 0 saturated heterocycles. The van der Waals surface area contributed by atoms with E-state index in [4.69, 9.17) is 5.73 Å². The summed E-state index contributed by atoms with van der Waals surface area (Å²) in [6.07, 6.45) is 1.96. The van der Waals surface area contributed by atoms with Crippen molar-refractivity contribution >= 4 is 28.0 Å². The Bertz CT molecular complexity index is 788. The Morgan fingerprint density at radius 2 is 1.95 bits per heavy atom. The Balaban J connectivity index is 2.15. The summed E-state index contributed by atoms with van der Waals surface area (Å²) < 4.78 is 1.79. The molecule has 0 aliphatic heterocycles. The number of anilines is 3. The molecule has 0 bridgehead atoms. The monoisotopic (exact) mass is 267 g/mol. The lowest BCUT2D eigenvalue weighted by Gasteiger charge is -2.10. The van der Waals surface area contributed by atoms with Crippen LogP contribution in [0.25, 0.3) is 10.9 Å². The summed E-state index contributed by atoms with van der Waals surface area (Å²) in [6, 6.07) is 7.77. The van der Waals surface area contributed by atoms with E-state index in [0.717, 1.165) is 39.4 Å². The molecule has 0 amide bonds. The molecule has 3 aromatic rings. The maximum atomic E-state index is 5.89. The van der Waals surface area contributed by atoms with E-state index in [0.29, 0.717) is 0 Å². The van der Waals surface area contributed by atoms with Crippen LogP contribution in [0, 0.1) is 13.8 Å². The molecule has 2 heterocycles. The zero-order valence-electron chi connectivity index (χ0n) is 11.8. The van der Waals surface area contributed by atoms with Crippen LogP contribution in [0.15, 0.2) is 30.5 Å². The summed E-state index contributed by atoms with van der Waals surface area (Å²) in [5.74, 6) is 0. The highest BCUT2D eigenvalue weighted by molar-refractivity contribution is 5.95. The predicted molar refractivity (Wildman–Crippen MR) is 82.1 cm³/mol. The molecule has 1 aromatic carbocycles. The van der Waals surface area contributed by atoms with Gasteiger partial charge in [-0.1, -0.05) is 0 Å². The van der Waals surface area contributed by atoms with E-state index in [-0.39, 0.29) is 0 Å². The number of fused-ring (bicyclic) bond motifs is 1. The number of nitrogen functional groups attached to an aromatic ring is 1. The Labute approximate surface area is 117 Å². The number of aryl methyl sites for hydroxylation is 3. The minimum Gasteiger partial charge on any atom is -0.399 e. The molecular formula is C15H17N5. The lowest BCUT2D eigenvalue weighted by atomic mass is 10.1. The van der Waals surface area contributed by atoms with Gasteiger partial charge in [0.15, 0.2) is 0 Å². The molecule has 0 spiro atoms. The van der Waals surface area contributed by atoms with Gasteiger partial charge in [-0.05, 0) is 38.1 Å². The van der Waals surface area contributed by atoms with Crippen molar-refractivity contribution in [2.24, 2.45) is 7.05 Å². The Morgan fingerprint density at radius 1 is 1.15 bits per heavy atom. The molecule has 0 aliphatic rings. The summed E-state index contributed by atoms with van der Waals surface area (Å²) in [5.41, 5.74) is 11.5. The van der Waals surface area contributed by atoms with Crippen LogP contribution in [0.1, 0.15) is 11.4 Å². The molecule has 0 radical (unpaired) electrons. The average Bonchev–Trinajstić information content (AvgIpc) is 2.69. The number of hydrogen-bond acceptors (Lipinski definition) is 4. The van der Waals surface area contributed by atoms with Crippen molar-refractivity contribution in [3.05, 3.63) is 41.9 Å². The molecule has 5 heteroatoms. The third-order valence-corrected chi connectivity index (χ3v) is 3.24. The Morgan fingerprint density at radius 3 is 2.65 bits per heavy atom. The minimum atomic E-state index is 0.731. The summed E-state index contributed by atoms with van der Waals surface area (Å²) in [6.45, 7) is 3.96. The zero-order chi connectivity index (χ0) is 14.3. The standard InChI is InChI=1S/C15H17N5/c1-9-6-14(18-15-8-20(3)19-10(15)2)12-7-11(16)4-5-13(12)17-9/h4-8H,16H2,1-3H3,(H,17,18). The van der Waals surface area contributed by atoms with Crippen LogP contribution in [0.3, 0.4) is 0 Å². The molecule has 0 aliphatic carbocycles. The fourth-order valence-corrected chi connectivity index (χ4v) is 2.35. The lowest BCUT2D eigenvalue weighted by Crippen LogP contribution is -1.96. The number of benzene rings is 1. The van der Waals surface area contributed by atoms with E-state index in [1.807, 2.05) is 51.4 Å². The van der Waals surface area contributed by atoms with Crippen LogP contribution in [-0.2, 0) is 7.05 Å². The highest BCUT2D eigenvalue weighted by atomic mass is 15.3. The van der Waals surface area contributed by atoms with Gasteiger partial charge in [-0.3, -0.25) is 9.67 Å². The second-order valence-electron chi connectivity index (χ2n) is 5.01. The highest BCUT2D eigenvalue weighted by Crippen LogP contribution is 2.28. The van der Waals surface area contributed by atoms with E-state index in [9.17, 15) is 0 Å². The van der Waals surface area contributed by atoms with Gasteiger partial charge in [-0.25, -0.2) is 0 Å². The fraction of sp³-hybridized carbons (Fsp3) is 0.200. The van der Waals surface area contributed by atoms with Gasteiger partial charge >= 0.3 is 0 Å². The van der Waals surface area contributed by atoms with Gasteiger partial charge in [0.05, 0.1) is 16.9 Å². The van der Waals surface area contributed by atoms with E-state index >= 15 is 0 Å². The van der Waals surface area contributed by atoms with Crippen molar-refractivity contribution in [3.63, 3.8) is 0 Å². The molecule has 3 N–H and O–H groups in total. The Hall–Kier alpha value is -2.56. The average molecular weight is 267 g/mol. The van der Waals surface area contributed by atoms with Gasteiger partial charge in [0.25, 0.3) is 0 Å². The third kappa shape index (κ3) is 2.18. The van der Waals surface area contributed by atoms with Gasteiger partial charge < -0.3 is 11.1 Å². The maximum Gasteiger partial charge on any atom is 0.0828 e. The normalized spacial score (nSPS) is 10.9. The van der Waals surface area contributed by atoms with Crippen LogP contribution in [-0.4, -0.2) is 14.8 Å². The van der Waals surface area contributed by atoms with Crippen LogP contribution in [0.5, 0.6) is 0 Å². The number of aromatic nitrogens is 3. The van der Waals surface area contributed by atoms with E-state index in [1.54, 1.807) is 4.68 Å². The van der Waals surface area contributed by atoms with Crippen molar-refractivity contribution in [1.82, 2.24) is 14.8 Å². The maximum absolute atomic E-state index is 5.89. The largest absolute Gasteiger partial charge is 0.399 e. The third-order valence-electron chi connectivity index (χ3n) is 3.24. The summed E-state index contributed by atoms with van der Waals surface area (Å²) in [4.78, 5) is 4.53. The molecule has 3 rings (SSSR count). The molecule has 2 aromatic heterocycles. The van der Waals surface area contributed by atoms with E-state index in [1.165, 1.54) is 0 Å². The Kier molecular flexibility index (Phi) is 2.82. The fourth-order valence-electron chi connectivity index (χ4n) is 2.35. The molecule has 102 valence electrons. The number of nitrogens with two attached hydrogens (primary N) is 1. The molecule has 0 fully saturated rings. The second kappa shape index (κ2) is 4.52. The molecule has 0 unspecified atom stereocenters. The van der Waals surface area contributed by atoms with E-state index in [2.05, 4.69) is 15.4 Å². The lowest BCUT2D eigenvalue weighted by molar-refractivity contribution is 0.756. The number of pyridine rings is 1. The first-order chi connectivity index (χ1) is 9.52. The minimum absolute atomic E-state index is 0.731. The van der Waals surface area contributed by atoms with Crippen molar-refractivity contribution in [3.8, 4) is 0 Å². The van der Waals surface area contributed by atoms with Gasteiger partial charge in [0, 0.05) is 35.7 Å². The molecule has 0 saturated carbocycles. The van der Waals surface area contributed by atoms with Crippen molar-refractivity contribution in [1.29, 1.82) is 0 Å². The second-order valence-corrected chi connectivity index (χ2v) is 5.01. The zero-order valence-corrected chi connectivity index (χ0v) is 11.8. The SMILES string of the molecule is Cc1cc(Nc2cn(C)nc2C)c2cc(N)ccc2n1. The summed E-state index contributed by atoms with van der Waals surface area (Å²) in [5, 5.41) is 8.78. The van der Waals surface area contributed by atoms with E-state index < -0.39 is 0 Å². The first-order valence-electron chi connectivity index (χ1n) is 6.47. The highest BCUT2D eigenvalue weighted by Gasteiger charge is 2.08. The summed E-state index contributed by atoms with van der Waals surface area (Å²) >= 11 is 0. The van der Waals surface area contributed by atoms with Crippen LogP contribution >= 0.6 is 0 Å². The van der Waals surface area contributed by atoms with Crippen LogP contribution in [0.4, 0.5) is 17.1 Å². The van der Waals surface area contributed by atoms with Crippen LogP contribution in [0.2, 0.25) is 0 Å². The number of rotatable bonds is 2. The van der Waals surface area contributed by atoms with Crippen LogP contribution < -0.4 is 11.1 Å². The first-order valence-corrected chi connectivity index (χ1v) is 6.47.